The third-order valence-electron chi connectivity index (χ3n) is 7.09. The van der Waals surface area contributed by atoms with Gasteiger partial charge in [0.05, 0.1) is 17.6 Å². The Bertz CT molecular complexity index is 1530. The van der Waals surface area contributed by atoms with Gasteiger partial charge < -0.3 is 28.8 Å². The van der Waals surface area contributed by atoms with Crippen molar-refractivity contribution >= 4 is 34.6 Å². The van der Waals surface area contributed by atoms with E-state index in [0.29, 0.717) is 50.3 Å². The third-order valence-corrected chi connectivity index (χ3v) is 7.09. The molecule has 0 bridgehead atoms. The summed E-state index contributed by atoms with van der Waals surface area (Å²) in [7, 11) is 0. The van der Waals surface area contributed by atoms with Gasteiger partial charge in [0.15, 0.2) is 0 Å². The molecular weight excluding hydrogens is 536 g/mol. The van der Waals surface area contributed by atoms with Gasteiger partial charge in [0.1, 0.15) is 12.2 Å². The van der Waals surface area contributed by atoms with Crippen molar-refractivity contribution in [3.05, 3.63) is 59.2 Å². The molecule has 0 atom stereocenters. The summed E-state index contributed by atoms with van der Waals surface area (Å²) in [6, 6.07) is 10.7. The van der Waals surface area contributed by atoms with Gasteiger partial charge in [0, 0.05) is 42.5 Å². The molecule has 0 aliphatic carbocycles. The summed E-state index contributed by atoms with van der Waals surface area (Å²) in [6.07, 6.45) is -1.92. The molecule has 1 aromatic heterocycles. The van der Waals surface area contributed by atoms with Gasteiger partial charge in [0.2, 0.25) is 5.62 Å². The van der Waals surface area contributed by atoms with E-state index in [2.05, 4.69) is 9.98 Å². The molecule has 0 radical (unpaired) electrons. The van der Waals surface area contributed by atoms with Crippen molar-refractivity contribution in [1.29, 1.82) is 0 Å². The summed E-state index contributed by atoms with van der Waals surface area (Å²) in [5.41, 5.74) is 1.54. The Balaban J connectivity index is 1.51. The zero-order valence-corrected chi connectivity index (χ0v) is 23.2. The van der Waals surface area contributed by atoms with Crippen LogP contribution in [0.15, 0.2) is 47.5 Å². The quantitative estimate of drug-likeness (QED) is 0.495. The van der Waals surface area contributed by atoms with Crippen molar-refractivity contribution < 1.29 is 32.6 Å². The fourth-order valence-electron chi connectivity index (χ4n) is 5.14. The van der Waals surface area contributed by atoms with Gasteiger partial charge in [-0.1, -0.05) is 12.1 Å². The smallest absolute Gasteiger partial charge is 0.410 e. The van der Waals surface area contributed by atoms with Crippen LogP contribution in [0.1, 0.15) is 62.0 Å². The number of carbonyl (C=O) groups excluding carboxylic acids is 3. The maximum Gasteiger partial charge on any atom is 0.410 e. The van der Waals surface area contributed by atoms with Gasteiger partial charge in [-0.15, -0.1) is 0 Å². The number of piperidine rings is 1. The second-order valence-electron chi connectivity index (χ2n) is 11.2. The van der Waals surface area contributed by atoms with Crippen LogP contribution in [-0.2, 0) is 14.3 Å². The number of anilines is 1. The van der Waals surface area contributed by atoms with Gasteiger partial charge >= 0.3 is 6.09 Å². The number of aromatic amines is 1. The highest BCUT2D eigenvalue weighted by atomic mass is 19.3. The van der Waals surface area contributed by atoms with E-state index in [0.717, 1.165) is 11.6 Å². The largest absolute Gasteiger partial charge is 0.444 e. The standard InChI is InChI=1S/C29H33F2N5O5/c1-29(2,3)41-28(39)34-11-9-20(10-12-34)36-23-8-7-21(35-13-14-40-17-24(35)37)16-22(23)32-27(36)33-26(38)19-6-4-5-18(15-19)25(30)31/h4-8,15-16,20,25H,9-14,17H2,1-3H3,(H,32,33,38). The summed E-state index contributed by atoms with van der Waals surface area (Å²) in [4.78, 5) is 49.0. The topological polar surface area (TPSA) is 109 Å². The maximum absolute atomic E-state index is 13.3. The number of imidazole rings is 1. The molecule has 0 spiro atoms. The monoisotopic (exact) mass is 569 g/mol. The van der Waals surface area contributed by atoms with Crippen LogP contribution in [-0.4, -0.2) is 70.8 Å². The lowest BCUT2D eigenvalue weighted by molar-refractivity contribution is -0.125. The Kier molecular flexibility index (Phi) is 7.94. The molecule has 2 aliphatic heterocycles. The first-order valence-electron chi connectivity index (χ1n) is 13.6. The lowest BCUT2D eigenvalue weighted by Crippen LogP contribution is -2.43. The van der Waals surface area contributed by atoms with Gasteiger partial charge in [-0.05, 0) is 63.9 Å². The fraction of sp³-hybridized carbons (Fsp3) is 0.448. The number of hydrogen-bond donors (Lipinski definition) is 1. The molecule has 1 N–H and O–H groups in total. The van der Waals surface area contributed by atoms with E-state index in [4.69, 9.17) is 9.47 Å². The molecule has 3 aromatic rings. The van der Waals surface area contributed by atoms with E-state index in [9.17, 15) is 23.2 Å². The minimum absolute atomic E-state index is 0.00571. The number of nitrogens with one attached hydrogen (secondary N) is 1. The Morgan fingerprint density at radius 2 is 1.85 bits per heavy atom. The maximum atomic E-state index is 13.3. The molecule has 3 heterocycles. The van der Waals surface area contributed by atoms with Gasteiger partial charge in [0.25, 0.3) is 18.2 Å². The van der Waals surface area contributed by atoms with E-state index >= 15 is 0 Å². The van der Waals surface area contributed by atoms with Crippen molar-refractivity contribution in [3.63, 3.8) is 0 Å². The summed E-state index contributed by atoms with van der Waals surface area (Å²) in [6.45, 7) is 7.21. The Labute approximate surface area is 235 Å². The first-order valence-corrected chi connectivity index (χ1v) is 13.6. The zero-order chi connectivity index (χ0) is 29.3. The number of H-pyrrole nitrogens is 1. The predicted molar refractivity (Wildman–Crippen MR) is 147 cm³/mol. The van der Waals surface area contributed by atoms with Crippen molar-refractivity contribution in [2.24, 2.45) is 4.99 Å². The van der Waals surface area contributed by atoms with E-state index in [1.54, 1.807) is 9.80 Å². The van der Waals surface area contributed by atoms with Crippen molar-refractivity contribution in [1.82, 2.24) is 14.5 Å². The third kappa shape index (κ3) is 6.32. The number of ether oxygens (including phenoxy) is 2. The first kappa shape index (κ1) is 28.5. The molecule has 3 amide bonds. The molecule has 2 fully saturated rings. The predicted octanol–water partition coefficient (Wildman–Crippen LogP) is 4.58. The summed E-state index contributed by atoms with van der Waals surface area (Å²) in [5.74, 6) is -0.814. The first-order chi connectivity index (χ1) is 19.5. The molecule has 10 nitrogen and oxygen atoms in total. The number of rotatable bonds is 4. The molecule has 0 unspecified atom stereocenters. The minimum Gasteiger partial charge on any atom is -0.444 e. The second-order valence-corrected chi connectivity index (χ2v) is 11.2. The number of aromatic nitrogens is 2. The normalized spacial score (nSPS) is 17.5. The lowest BCUT2D eigenvalue weighted by atomic mass is 10.0. The SMILES string of the molecule is CC(C)(C)OC(=O)N1CCC(n2/c(=N\C(=O)c3cccc(C(F)F)c3)[nH]c3cc(N4CCOCC4=O)ccc32)CC1. The number of likely N-dealkylation sites (tertiary alicyclic amines) is 1. The summed E-state index contributed by atoms with van der Waals surface area (Å²) >= 11 is 0. The average Bonchev–Trinajstić information content (AvgIpc) is 3.29. The molecule has 41 heavy (non-hydrogen) atoms. The number of amides is 3. The van der Waals surface area contributed by atoms with Crippen molar-refractivity contribution in [3.8, 4) is 0 Å². The van der Waals surface area contributed by atoms with E-state index in [-0.39, 0.29) is 41.4 Å². The fourth-order valence-corrected chi connectivity index (χ4v) is 5.14. The lowest BCUT2D eigenvalue weighted by Gasteiger charge is -2.34. The van der Waals surface area contributed by atoms with Crippen LogP contribution >= 0.6 is 0 Å². The molecular formula is C29H33F2N5O5. The molecule has 5 rings (SSSR count). The molecule has 218 valence electrons. The second kappa shape index (κ2) is 11.4. The number of hydrogen-bond acceptors (Lipinski definition) is 5. The number of morpholine rings is 1. The van der Waals surface area contributed by atoms with Gasteiger partial charge in [-0.2, -0.15) is 4.99 Å². The minimum atomic E-state index is -2.71. The molecule has 2 saturated heterocycles. The van der Waals surface area contributed by atoms with E-state index in [1.807, 2.05) is 43.5 Å². The molecule has 12 heteroatoms. The number of benzene rings is 2. The van der Waals surface area contributed by atoms with Crippen LogP contribution in [0.3, 0.4) is 0 Å². The average molecular weight is 570 g/mol. The van der Waals surface area contributed by atoms with Crippen molar-refractivity contribution in [2.75, 3.05) is 37.7 Å². The van der Waals surface area contributed by atoms with Crippen LogP contribution < -0.4 is 10.5 Å². The van der Waals surface area contributed by atoms with Gasteiger partial charge in [-0.3, -0.25) is 9.59 Å². The number of fused-ring (bicyclic) bond motifs is 1. The summed E-state index contributed by atoms with van der Waals surface area (Å²) < 4.78 is 39.2. The van der Waals surface area contributed by atoms with Crippen LogP contribution in [0.4, 0.5) is 19.3 Å². The highest BCUT2D eigenvalue weighted by Crippen LogP contribution is 2.29. The molecule has 2 aromatic carbocycles. The van der Waals surface area contributed by atoms with Crippen LogP contribution in [0.2, 0.25) is 0 Å². The van der Waals surface area contributed by atoms with Crippen LogP contribution in [0, 0.1) is 0 Å². The Morgan fingerprint density at radius 1 is 1.10 bits per heavy atom. The number of halogens is 2. The molecule has 2 aliphatic rings. The number of nitrogens with zero attached hydrogens (tertiary/aromatic N) is 4. The zero-order valence-electron chi connectivity index (χ0n) is 23.2. The summed E-state index contributed by atoms with van der Waals surface area (Å²) in [5, 5.41) is 0. The number of carbonyl (C=O) groups is 3. The molecule has 0 saturated carbocycles. The van der Waals surface area contributed by atoms with Crippen LogP contribution in [0.5, 0.6) is 0 Å². The Morgan fingerprint density at radius 3 is 2.54 bits per heavy atom. The van der Waals surface area contributed by atoms with Crippen LogP contribution in [0.25, 0.3) is 11.0 Å². The van der Waals surface area contributed by atoms with E-state index in [1.165, 1.54) is 18.2 Å². The van der Waals surface area contributed by atoms with Crippen molar-refractivity contribution in [2.45, 2.75) is 51.7 Å². The van der Waals surface area contributed by atoms with E-state index < -0.39 is 17.9 Å². The highest BCUT2D eigenvalue weighted by molar-refractivity contribution is 5.97. The number of alkyl halides is 2. The highest BCUT2D eigenvalue weighted by Gasteiger charge is 2.29. The van der Waals surface area contributed by atoms with Gasteiger partial charge in [-0.25, -0.2) is 13.6 Å². The Hall–Kier alpha value is -4.06.